The number of likely N-dealkylation sites (tertiary alicyclic amines) is 1. The highest BCUT2D eigenvalue weighted by Gasteiger charge is 2.29. The fourth-order valence-corrected chi connectivity index (χ4v) is 3.57. The van der Waals surface area contributed by atoms with Crippen molar-refractivity contribution in [1.82, 2.24) is 4.90 Å². The van der Waals surface area contributed by atoms with Gasteiger partial charge in [-0.1, -0.05) is 0 Å². The summed E-state index contributed by atoms with van der Waals surface area (Å²) in [4.78, 5) is 16.9. The number of amides is 1. The van der Waals surface area contributed by atoms with Crippen LogP contribution in [-0.2, 0) is 4.74 Å². The Morgan fingerprint density at radius 1 is 1.17 bits per heavy atom. The minimum atomic E-state index is -0.167. The van der Waals surface area contributed by atoms with Crippen LogP contribution in [0.3, 0.4) is 0 Å². The van der Waals surface area contributed by atoms with Gasteiger partial charge in [-0.3, -0.25) is 4.79 Å². The van der Waals surface area contributed by atoms with Crippen LogP contribution in [-0.4, -0.2) is 61.4 Å². The molecule has 5 heteroatoms. The zero-order valence-electron chi connectivity index (χ0n) is 13.8. The van der Waals surface area contributed by atoms with Crippen LogP contribution in [0.5, 0.6) is 0 Å². The molecule has 3 rings (SSSR count). The van der Waals surface area contributed by atoms with E-state index in [9.17, 15) is 9.90 Å². The van der Waals surface area contributed by atoms with Gasteiger partial charge in [0.1, 0.15) is 0 Å². The van der Waals surface area contributed by atoms with E-state index >= 15 is 0 Å². The second kappa shape index (κ2) is 7.32. The molecule has 126 valence electrons. The van der Waals surface area contributed by atoms with Gasteiger partial charge in [-0.05, 0) is 49.9 Å². The average molecular weight is 318 g/mol. The molecular weight excluding hydrogens is 292 g/mol. The minimum Gasteiger partial charge on any atom is -0.393 e. The van der Waals surface area contributed by atoms with Gasteiger partial charge >= 0.3 is 0 Å². The molecule has 1 aromatic rings. The van der Waals surface area contributed by atoms with Crippen molar-refractivity contribution in [3.05, 3.63) is 29.8 Å². The maximum absolute atomic E-state index is 12.7. The normalized spacial score (nSPS) is 22.6. The third-order valence-corrected chi connectivity index (χ3v) is 4.94. The molecule has 0 aliphatic carbocycles. The van der Waals surface area contributed by atoms with Crippen LogP contribution in [0.25, 0.3) is 0 Å². The van der Waals surface area contributed by atoms with Crippen LogP contribution in [0.2, 0.25) is 0 Å². The van der Waals surface area contributed by atoms with E-state index in [4.69, 9.17) is 4.74 Å². The number of hydrogen-bond acceptors (Lipinski definition) is 4. The number of aliphatic hydroxyl groups is 1. The number of carbonyl (C=O) groups excluding carboxylic acids is 1. The highest BCUT2D eigenvalue weighted by molar-refractivity contribution is 5.95. The van der Waals surface area contributed by atoms with Crippen molar-refractivity contribution in [2.45, 2.75) is 37.8 Å². The molecule has 2 aliphatic heterocycles. The van der Waals surface area contributed by atoms with Crippen molar-refractivity contribution in [3.63, 3.8) is 0 Å². The molecular formula is C18H26N2O3. The molecule has 1 amide bonds. The van der Waals surface area contributed by atoms with E-state index in [1.807, 2.05) is 29.2 Å². The Morgan fingerprint density at radius 3 is 2.52 bits per heavy atom. The number of benzene rings is 1. The zero-order chi connectivity index (χ0) is 16.2. The molecule has 0 bridgehead atoms. The third kappa shape index (κ3) is 3.67. The van der Waals surface area contributed by atoms with Crippen molar-refractivity contribution in [3.8, 4) is 0 Å². The summed E-state index contributed by atoms with van der Waals surface area (Å²) < 4.78 is 5.23. The van der Waals surface area contributed by atoms with Crippen molar-refractivity contribution >= 4 is 11.6 Å². The Morgan fingerprint density at radius 2 is 1.87 bits per heavy atom. The van der Waals surface area contributed by atoms with Crippen LogP contribution in [0, 0.1) is 0 Å². The summed E-state index contributed by atoms with van der Waals surface area (Å²) in [6.45, 7) is 3.17. The van der Waals surface area contributed by atoms with Gasteiger partial charge in [0, 0.05) is 38.0 Å². The highest BCUT2D eigenvalue weighted by Crippen LogP contribution is 2.23. The van der Waals surface area contributed by atoms with Gasteiger partial charge in [0.25, 0.3) is 5.91 Å². The van der Waals surface area contributed by atoms with Gasteiger partial charge in [-0.25, -0.2) is 0 Å². The summed E-state index contributed by atoms with van der Waals surface area (Å²) in [5.41, 5.74) is 1.87. The Hall–Kier alpha value is -1.59. The predicted octanol–water partition coefficient (Wildman–Crippen LogP) is 1.90. The first-order valence-corrected chi connectivity index (χ1v) is 8.52. The number of hydrogen-bond donors (Lipinski definition) is 1. The summed E-state index contributed by atoms with van der Waals surface area (Å²) in [5.74, 6) is 0.102. The van der Waals surface area contributed by atoms with Crippen molar-refractivity contribution in [2.75, 3.05) is 38.3 Å². The Kier molecular flexibility index (Phi) is 5.18. The summed E-state index contributed by atoms with van der Waals surface area (Å²) in [6, 6.07) is 8.09. The molecule has 2 aliphatic rings. The van der Waals surface area contributed by atoms with E-state index in [-0.39, 0.29) is 18.1 Å². The largest absolute Gasteiger partial charge is 0.393 e. The molecule has 0 aromatic heterocycles. The second-order valence-electron chi connectivity index (χ2n) is 6.52. The molecule has 23 heavy (non-hydrogen) atoms. The van der Waals surface area contributed by atoms with E-state index in [1.54, 1.807) is 7.11 Å². The molecule has 0 saturated carbocycles. The predicted molar refractivity (Wildman–Crippen MR) is 89.8 cm³/mol. The monoisotopic (exact) mass is 318 g/mol. The first kappa shape index (κ1) is 16.3. The Bertz CT molecular complexity index is 524. The van der Waals surface area contributed by atoms with Crippen molar-refractivity contribution in [2.24, 2.45) is 0 Å². The number of aliphatic hydroxyl groups excluding tert-OH is 1. The highest BCUT2D eigenvalue weighted by atomic mass is 16.5. The number of piperidine rings is 1. The number of carbonyl (C=O) groups is 1. The Balaban J connectivity index is 1.66. The van der Waals surface area contributed by atoms with E-state index in [0.29, 0.717) is 6.61 Å². The first-order valence-electron chi connectivity index (χ1n) is 8.52. The molecule has 0 spiro atoms. The lowest BCUT2D eigenvalue weighted by atomic mass is 10.1. The molecule has 0 radical (unpaired) electrons. The summed E-state index contributed by atoms with van der Waals surface area (Å²) in [7, 11) is 1.69. The Labute approximate surface area is 137 Å². The van der Waals surface area contributed by atoms with E-state index in [0.717, 1.165) is 56.6 Å². The summed E-state index contributed by atoms with van der Waals surface area (Å²) >= 11 is 0. The average Bonchev–Trinajstić information content (AvgIpc) is 3.04. The molecule has 5 nitrogen and oxygen atoms in total. The van der Waals surface area contributed by atoms with Gasteiger partial charge in [0.05, 0.1) is 18.8 Å². The van der Waals surface area contributed by atoms with Crippen LogP contribution in [0.15, 0.2) is 24.3 Å². The maximum Gasteiger partial charge on any atom is 0.254 e. The SMILES string of the molecule is COCC1CCCN1C(=O)c1ccc(N2CCC(O)CC2)cc1. The minimum absolute atomic E-state index is 0.102. The maximum atomic E-state index is 12.7. The van der Waals surface area contributed by atoms with Crippen molar-refractivity contribution < 1.29 is 14.6 Å². The smallest absolute Gasteiger partial charge is 0.254 e. The number of anilines is 1. The molecule has 1 N–H and O–H groups in total. The van der Waals surface area contributed by atoms with Gasteiger partial charge in [0.2, 0.25) is 0 Å². The third-order valence-electron chi connectivity index (χ3n) is 4.94. The molecule has 1 atom stereocenters. The van der Waals surface area contributed by atoms with Crippen LogP contribution < -0.4 is 4.90 Å². The number of nitrogens with zero attached hydrogens (tertiary/aromatic N) is 2. The topological polar surface area (TPSA) is 53.0 Å². The lowest BCUT2D eigenvalue weighted by Gasteiger charge is -2.31. The number of rotatable bonds is 4. The molecule has 2 fully saturated rings. The fourth-order valence-electron chi connectivity index (χ4n) is 3.57. The van der Waals surface area contributed by atoms with Crippen LogP contribution in [0.1, 0.15) is 36.0 Å². The van der Waals surface area contributed by atoms with Gasteiger partial charge < -0.3 is 19.6 Å². The number of ether oxygens (including phenoxy) is 1. The fraction of sp³-hybridized carbons (Fsp3) is 0.611. The first-order chi connectivity index (χ1) is 11.2. The molecule has 2 heterocycles. The van der Waals surface area contributed by atoms with Gasteiger partial charge in [0.15, 0.2) is 0 Å². The standard InChI is InChI=1S/C18H26N2O3/c1-23-13-16-3-2-10-20(16)18(22)14-4-6-15(7-5-14)19-11-8-17(21)9-12-19/h4-7,16-17,21H,2-3,8-13H2,1H3. The quantitative estimate of drug-likeness (QED) is 0.921. The molecule has 2 saturated heterocycles. The van der Waals surface area contributed by atoms with Crippen molar-refractivity contribution in [1.29, 1.82) is 0 Å². The summed E-state index contributed by atoms with van der Waals surface area (Å²) in [6.07, 6.45) is 3.53. The zero-order valence-corrected chi connectivity index (χ0v) is 13.8. The van der Waals surface area contributed by atoms with Crippen LogP contribution in [0.4, 0.5) is 5.69 Å². The molecule has 1 unspecified atom stereocenters. The molecule has 1 aromatic carbocycles. The van der Waals surface area contributed by atoms with Gasteiger partial charge in [-0.2, -0.15) is 0 Å². The van der Waals surface area contributed by atoms with Crippen LogP contribution >= 0.6 is 0 Å². The van der Waals surface area contributed by atoms with E-state index in [1.165, 1.54) is 0 Å². The lowest BCUT2D eigenvalue weighted by Crippen LogP contribution is -2.38. The van der Waals surface area contributed by atoms with Gasteiger partial charge in [-0.15, -0.1) is 0 Å². The summed E-state index contributed by atoms with van der Waals surface area (Å²) in [5, 5.41) is 9.59. The second-order valence-corrected chi connectivity index (χ2v) is 6.52. The number of methoxy groups -OCH3 is 1. The lowest BCUT2D eigenvalue weighted by molar-refractivity contribution is 0.0630. The van der Waals surface area contributed by atoms with E-state index in [2.05, 4.69) is 4.90 Å². The van der Waals surface area contributed by atoms with E-state index < -0.39 is 0 Å².